The fourth-order valence-electron chi connectivity index (χ4n) is 1.86. The smallest absolute Gasteiger partial charge is 0.269 e. The van der Waals surface area contributed by atoms with Gasteiger partial charge < -0.3 is 0 Å². The first-order valence-electron chi connectivity index (χ1n) is 6.99. The number of hydrazine groups is 1. The maximum atomic E-state index is 11.9. The highest BCUT2D eigenvalue weighted by atomic mass is 35.5. The van der Waals surface area contributed by atoms with Gasteiger partial charge in [-0.25, -0.2) is 0 Å². The zero-order chi connectivity index (χ0) is 16.7. The number of Topliss-reactive ketones (excluding diaryl/α,β-unsaturated/α-hetero) is 1. The highest BCUT2D eigenvalue weighted by molar-refractivity contribution is 6.30. The van der Waals surface area contributed by atoms with Crippen molar-refractivity contribution >= 4 is 29.2 Å². The van der Waals surface area contributed by atoms with Gasteiger partial charge in [-0.1, -0.05) is 41.9 Å². The van der Waals surface area contributed by atoms with Crippen LogP contribution in [0.4, 0.5) is 0 Å². The van der Waals surface area contributed by atoms with Gasteiger partial charge in [0.1, 0.15) is 0 Å². The lowest BCUT2D eigenvalue weighted by Gasteiger charge is -2.07. The molecule has 0 radical (unpaired) electrons. The Kier molecular flexibility index (Phi) is 5.88. The molecule has 0 unspecified atom stereocenters. The van der Waals surface area contributed by atoms with Crippen LogP contribution in [0.15, 0.2) is 54.6 Å². The van der Waals surface area contributed by atoms with Gasteiger partial charge in [-0.3, -0.25) is 25.2 Å². The molecule has 2 aromatic rings. The number of hydrogen-bond donors (Lipinski definition) is 2. The van der Waals surface area contributed by atoms with E-state index >= 15 is 0 Å². The van der Waals surface area contributed by atoms with Crippen LogP contribution in [0.25, 0.3) is 0 Å². The summed E-state index contributed by atoms with van der Waals surface area (Å²) in [6.45, 7) is 0. The molecular formula is C17H15ClN2O3. The van der Waals surface area contributed by atoms with Crippen molar-refractivity contribution in [1.29, 1.82) is 0 Å². The number of carbonyl (C=O) groups is 3. The van der Waals surface area contributed by atoms with Crippen molar-refractivity contribution in [2.75, 3.05) is 0 Å². The molecule has 0 fully saturated rings. The molecule has 0 atom stereocenters. The fraction of sp³-hybridized carbons (Fsp3) is 0.118. The molecule has 118 valence electrons. The van der Waals surface area contributed by atoms with Gasteiger partial charge in [0.25, 0.3) is 5.91 Å². The van der Waals surface area contributed by atoms with E-state index in [0.717, 1.165) is 0 Å². The van der Waals surface area contributed by atoms with Crippen LogP contribution in [0.2, 0.25) is 5.02 Å². The molecule has 23 heavy (non-hydrogen) atoms. The summed E-state index contributed by atoms with van der Waals surface area (Å²) in [6, 6.07) is 15.0. The van der Waals surface area contributed by atoms with Gasteiger partial charge in [0.15, 0.2) is 5.78 Å². The maximum absolute atomic E-state index is 11.9. The Hall–Kier alpha value is -2.66. The number of ketones is 1. The highest BCUT2D eigenvalue weighted by Gasteiger charge is 2.10. The molecule has 2 N–H and O–H groups in total. The van der Waals surface area contributed by atoms with Crippen LogP contribution in [0.5, 0.6) is 0 Å². The third-order valence-corrected chi connectivity index (χ3v) is 3.35. The van der Waals surface area contributed by atoms with Crippen molar-refractivity contribution in [3.63, 3.8) is 0 Å². The fourth-order valence-corrected chi connectivity index (χ4v) is 1.98. The standard InChI is InChI=1S/C17H15ClN2O3/c18-14-8-6-13(7-9-14)17(23)20-19-16(22)11-10-15(21)12-4-2-1-3-5-12/h1-9H,10-11H2,(H,19,22)(H,20,23). The van der Waals surface area contributed by atoms with Crippen molar-refractivity contribution in [2.45, 2.75) is 12.8 Å². The van der Waals surface area contributed by atoms with Crippen LogP contribution in [0.3, 0.4) is 0 Å². The van der Waals surface area contributed by atoms with Crippen molar-refractivity contribution in [2.24, 2.45) is 0 Å². The van der Waals surface area contributed by atoms with E-state index in [1.807, 2.05) is 6.07 Å². The number of benzene rings is 2. The van der Waals surface area contributed by atoms with Crippen molar-refractivity contribution in [3.8, 4) is 0 Å². The molecule has 0 saturated carbocycles. The van der Waals surface area contributed by atoms with Gasteiger partial charge in [-0.2, -0.15) is 0 Å². The normalized spacial score (nSPS) is 9.96. The zero-order valence-electron chi connectivity index (χ0n) is 12.2. The van der Waals surface area contributed by atoms with E-state index in [9.17, 15) is 14.4 Å². The number of halogens is 1. The van der Waals surface area contributed by atoms with Crippen molar-refractivity contribution in [1.82, 2.24) is 10.9 Å². The Labute approximate surface area is 138 Å². The minimum absolute atomic E-state index is 0.00533. The summed E-state index contributed by atoms with van der Waals surface area (Å²) in [5.74, 6) is -1.01. The summed E-state index contributed by atoms with van der Waals surface area (Å²) < 4.78 is 0. The topological polar surface area (TPSA) is 75.3 Å². The first-order chi connectivity index (χ1) is 11.1. The molecule has 0 heterocycles. The van der Waals surface area contributed by atoms with Gasteiger partial charge in [0.2, 0.25) is 5.91 Å². The predicted octanol–water partition coefficient (Wildman–Crippen LogP) is 2.76. The lowest BCUT2D eigenvalue weighted by molar-refractivity contribution is -0.121. The van der Waals surface area contributed by atoms with E-state index in [4.69, 9.17) is 11.6 Å². The molecular weight excluding hydrogens is 316 g/mol. The number of hydrogen-bond acceptors (Lipinski definition) is 3. The van der Waals surface area contributed by atoms with Crippen molar-refractivity contribution < 1.29 is 14.4 Å². The second kappa shape index (κ2) is 8.10. The Balaban J connectivity index is 1.76. The van der Waals surface area contributed by atoms with Gasteiger partial charge in [0.05, 0.1) is 0 Å². The quantitative estimate of drug-likeness (QED) is 0.654. The average Bonchev–Trinajstić information content (AvgIpc) is 2.59. The van der Waals surface area contributed by atoms with Crippen LogP contribution >= 0.6 is 11.6 Å². The molecule has 0 aliphatic carbocycles. The monoisotopic (exact) mass is 330 g/mol. The molecule has 0 saturated heterocycles. The Morgan fingerprint density at radius 2 is 1.43 bits per heavy atom. The predicted molar refractivity (Wildman–Crippen MR) is 87.1 cm³/mol. The summed E-state index contributed by atoms with van der Waals surface area (Å²) in [7, 11) is 0. The minimum atomic E-state index is -0.454. The first-order valence-corrected chi connectivity index (χ1v) is 7.37. The Bertz CT molecular complexity index is 700. The SMILES string of the molecule is O=C(CCC(=O)c1ccccc1)NNC(=O)c1ccc(Cl)cc1. The lowest BCUT2D eigenvalue weighted by atomic mass is 10.1. The molecule has 0 aromatic heterocycles. The molecule has 2 aromatic carbocycles. The Morgan fingerprint density at radius 1 is 0.783 bits per heavy atom. The third kappa shape index (κ3) is 5.23. The second-order valence-electron chi connectivity index (χ2n) is 4.80. The van der Waals surface area contributed by atoms with E-state index in [1.54, 1.807) is 48.5 Å². The molecule has 2 rings (SSSR count). The molecule has 0 aliphatic heterocycles. The van der Waals surface area contributed by atoms with Crippen LogP contribution in [-0.2, 0) is 4.79 Å². The van der Waals surface area contributed by atoms with Crippen LogP contribution in [-0.4, -0.2) is 17.6 Å². The minimum Gasteiger partial charge on any atom is -0.294 e. The van der Waals surface area contributed by atoms with Gasteiger partial charge in [-0.05, 0) is 24.3 Å². The van der Waals surface area contributed by atoms with E-state index in [1.165, 1.54) is 0 Å². The number of rotatable bonds is 5. The van der Waals surface area contributed by atoms with Gasteiger partial charge in [0, 0.05) is 29.0 Å². The van der Waals surface area contributed by atoms with E-state index in [2.05, 4.69) is 10.9 Å². The average molecular weight is 331 g/mol. The second-order valence-corrected chi connectivity index (χ2v) is 5.23. The summed E-state index contributed by atoms with van der Waals surface area (Å²) in [6.07, 6.45) is 0.0707. The summed E-state index contributed by atoms with van der Waals surface area (Å²) in [5.41, 5.74) is 5.50. The number of carbonyl (C=O) groups excluding carboxylic acids is 3. The lowest BCUT2D eigenvalue weighted by Crippen LogP contribution is -2.41. The first kappa shape index (κ1) is 16.7. The summed E-state index contributed by atoms with van der Waals surface area (Å²) in [5, 5.41) is 0.519. The zero-order valence-corrected chi connectivity index (χ0v) is 13.0. The van der Waals surface area contributed by atoms with Crippen molar-refractivity contribution in [3.05, 3.63) is 70.7 Å². The summed E-state index contributed by atoms with van der Waals surface area (Å²) >= 11 is 5.73. The molecule has 0 aliphatic rings. The molecule has 5 nitrogen and oxygen atoms in total. The van der Waals surface area contributed by atoms with Gasteiger partial charge >= 0.3 is 0 Å². The molecule has 2 amide bonds. The summed E-state index contributed by atoms with van der Waals surface area (Å²) in [4.78, 5) is 35.3. The molecule has 0 spiro atoms. The third-order valence-electron chi connectivity index (χ3n) is 3.10. The number of nitrogens with one attached hydrogen (secondary N) is 2. The van der Waals surface area contributed by atoms with Crippen LogP contribution < -0.4 is 10.9 Å². The van der Waals surface area contributed by atoms with Crippen LogP contribution in [0.1, 0.15) is 33.6 Å². The van der Waals surface area contributed by atoms with E-state index < -0.39 is 11.8 Å². The Morgan fingerprint density at radius 3 is 2.09 bits per heavy atom. The van der Waals surface area contributed by atoms with E-state index in [0.29, 0.717) is 16.1 Å². The largest absolute Gasteiger partial charge is 0.294 e. The van der Waals surface area contributed by atoms with Crippen LogP contribution in [0, 0.1) is 0 Å². The molecule has 0 bridgehead atoms. The maximum Gasteiger partial charge on any atom is 0.269 e. The van der Waals surface area contributed by atoms with E-state index in [-0.39, 0.29) is 18.6 Å². The van der Waals surface area contributed by atoms with Gasteiger partial charge in [-0.15, -0.1) is 0 Å². The number of amides is 2. The highest BCUT2D eigenvalue weighted by Crippen LogP contribution is 2.09. The molecule has 6 heteroatoms.